The number of rotatable bonds is 5. The summed E-state index contributed by atoms with van der Waals surface area (Å²) in [6.07, 6.45) is 2.82. The molecule has 0 radical (unpaired) electrons. The fraction of sp³-hybridized carbons (Fsp3) is 0.706. The van der Waals surface area contributed by atoms with Gasteiger partial charge in [-0.1, -0.05) is 11.8 Å². The summed E-state index contributed by atoms with van der Waals surface area (Å²) >= 11 is 1.44. The van der Waals surface area contributed by atoms with Crippen molar-refractivity contribution in [2.24, 2.45) is 0 Å². The van der Waals surface area contributed by atoms with Crippen LogP contribution >= 0.6 is 11.8 Å². The topological polar surface area (TPSA) is 59.8 Å². The molecule has 7 heteroatoms. The van der Waals surface area contributed by atoms with Crippen LogP contribution in [0, 0.1) is 13.8 Å². The number of aryl methyl sites for hydroxylation is 2. The monoisotopic (exact) mass is 351 g/mol. The fourth-order valence-corrected chi connectivity index (χ4v) is 4.23. The summed E-state index contributed by atoms with van der Waals surface area (Å²) in [6.45, 7) is 9.65. The number of hydrogen-bond donors (Lipinski definition) is 1. The first kappa shape index (κ1) is 17.6. The van der Waals surface area contributed by atoms with Gasteiger partial charge in [-0.15, -0.1) is 0 Å². The van der Waals surface area contributed by atoms with Crippen molar-refractivity contribution in [2.45, 2.75) is 37.9 Å². The maximum Gasteiger partial charge on any atom is 0.233 e. The van der Waals surface area contributed by atoms with Crippen molar-refractivity contribution in [1.82, 2.24) is 14.9 Å². The first-order valence-electron chi connectivity index (χ1n) is 8.78. The molecule has 0 aromatic carbocycles. The highest BCUT2D eigenvalue weighted by Crippen LogP contribution is 2.15. The predicted octanol–water partition coefficient (Wildman–Crippen LogP) is 0.0916. The second-order valence-corrected chi connectivity index (χ2v) is 7.63. The number of nitrogens with one attached hydrogen (secondary N) is 1. The van der Waals surface area contributed by atoms with Crippen LogP contribution in [0.4, 0.5) is 0 Å². The van der Waals surface area contributed by atoms with E-state index in [9.17, 15) is 4.79 Å². The van der Waals surface area contributed by atoms with Crippen LogP contribution in [0.3, 0.4) is 0 Å². The molecule has 0 spiro atoms. The number of nitrogens with zero attached hydrogens (tertiary/aromatic N) is 3. The van der Waals surface area contributed by atoms with Crippen LogP contribution in [0.1, 0.15) is 24.2 Å². The molecular formula is C17H27N4O2S+. The molecule has 3 rings (SSSR count). The molecule has 0 aliphatic carbocycles. The third kappa shape index (κ3) is 4.91. The highest BCUT2D eigenvalue weighted by atomic mass is 32.2. The molecule has 2 saturated heterocycles. The maximum atomic E-state index is 12.4. The number of carbonyl (C=O) groups is 1. The molecule has 2 aliphatic heterocycles. The quantitative estimate of drug-likeness (QED) is 0.602. The minimum Gasteiger partial charge on any atom is -0.372 e. The van der Waals surface area contributed by atoms with Gasteiger partial charge < -0.3 is 14.5 Å². The third-order valence-corrected chi connectivity index (χ3v) is 5.48. The standard InChI is InChI=1S/C17H26N4O2S/c1-13-10-14(2)19-17(18-13)24-12-16(22)21-7-5-20(6-8-21)11-15-4-3-9-23-15/h10,15H,3-9,11-12H2,1-2H3/p+1/t15-/m1/s1. The minimum atomic E-state index is 0.193. The van der Waals surface area contributed by atoms with Crippen molar-refractivity contribution in [3.8, 4) is 0 Å². The number of carbonyl (C=O) groups excluding carboxylic acids is 1. The summed E-state index contributed by atoms with van der Waals surface area (Å²) in [4.78, 5) is 24.7. The largest absolute Gasteiger partial charge is 0.372 e. The van der Waals surface area contributed by atoms with Crippen LogP contribution < -0.4 is 4.90 Å². The lowest BCUT2D eigenvalue weighted by molar-refractivity contribution is -0.906. The van der Waals surface area contributed by atoms with E-state index in [0.717, 1.165) is 50.7 Å². The van der Waals surface area contributed by atoms with Crippen LogP contribution in [0.2, 0.25) is 0 Å². The first-order valence-corrected chi connectivity index (χ1v) is 9.77. The number of hydrogen-bond acceptors (Lipinski definition) is 5. The molecule has 2 aliphatic rings. The Labute approximate surface area is 148 Å². The zero-order valence-corrected chi connectivity index (χ0v) is 15.4. The van der Waals surface area contributed by atoms with Crippen LogP contribution in [-0.2, 0) is 9.53 Å². The molecule has 2 fully saturated rings. The van der Waals surface area contributed by atoms with Crippen molar-refractivity contribution < 1.29 is 14.4 Å². The zero-order valence-electron chi connectivity index (χ0n) is 14.6. The first-order chi connectivity index (χ1) is 11.6. The highest BCUT2D eigenvalue weighted by Gasteiger charge is 2.27. The molecule has 0 unspecified atom stereocenters. The van der Waals surface area contributed by atoms with Gasteiger partial charge in [0.05, 0.1) is 31.9 Å². The van der Waals surface area contributed by atoms with E-state index in [2.05, 4.69) is 9.97 Å². The predicted molar refractivity (Wildman–Crippen MR) is 93.3 cm³/mol. The lowest BCUT2D eigenvalue weighted by Gasteiger charge is -2.33. The van der Waals surface area contributed by atoms with Crippen molar-refractivity contribution in [2.75, 3.05) is 45.1 Å². The third-order valence-electron chi connectivity index (χ3n) is 4.65. The molecule has 0 saturated carbocycles. The number of thioether (sulfide) groups is 1. The normalized spacial score (nSPS) is 22.1. The molecule has 132 valence electrons. The van der Waals surface area contributed by atoms with Gasteiger partial charge >= 0.3 is 0 Å². The molecule has 1 amide bonds. The Morgan fingerprint density at radius 2 is 2.04 bits per heavy atom. The number of amides is 1. The summed E-state index contributed by atoms with van der Waals surface area (Å²) in [5.41, 5.74) is 1.90. The Morgan fingerprint density at radius 1 is 1.33 bits per heavy atom. The molecule has 24 heavy (non-hydrogen) atoms. The van der Waals surface area contributed by atoms with Crippen molar-refractivity contribution in [3.05, 3.63) is 17.5 Å². The molecule has 1 N–H and O–H groups in total. The van der Waals surface area contributed by atoms with Gasteiger partial charge in [0.15, 0.2) is 5.16 Å². The molecule has 1 aromatic heterocycles. The van der Waals surface area contributed by atoms with Crippen LogP contribution in [0.15, 0.2) is 11.2 Å². The average molecular weight is 351 g/mol. The van der Waals surface area contributed by atoms with E-state index in [1.54, 1.807) is 4.90 Å². The van der Waals surface area contributed by atoms with Crippen LogP contribution in [0.25, 0.3) is 0 Å². The minimum absolute atomic E-state index is 0.193. The highest BCUT2D eigenvalue weighted by molar-refractivity contribution is 7.99. The van der Waals surface area contributed by atoms with E-state index < -0.39 is 0 Å². The van der Waals surface area contributed by atoms with Crippen LogP contribution in [0.5, 0.6) is 0 Å². The Balaban J connectivity index is 1.41. The van der Waals surface area contributed by atoms with E-state index in [0.29, 0.717) is 17.0 Å². The van der Waals surface area contributed by atoms with E-state index in [4.69, 9.17) is 4.74 Å². The van der Waals surface area contributed by atoms with Crippen molar-refractivity contribution in [3.63, 3.8) is 0 Å². The van der Waals surface area contributed by atoms with E-state index >= 15 is 0 Å². The van der Waals surface area contributed by atoms with Gasteiger partial charge in [-0.2, -0.15) is 0 Å². The molecule has 3 heterocycles. The summed E-state index contributed by atoms with van der Waals surface area (Å²) < 4.78 is 5.72. The molecular weight excluding hydrogens is 324 g/mol. The van der Waals surface area contributed by atoms with Crippen molar-refractivity contribution in [1.29, 1.82) is 0 Å². The average Bonchev–Trinajstić information content (AvgIpc) is 3.05. The maximum absolute atomic E-state index is 12.4. The summed E-state index contributed by atoms with van der Waals surface area (Å²) in [5.74, 6) is 0.614. The van der Waals surface area contributed by atoms with Gasteiger partial charge in [-0.05, 0) is 32.8 Å². The van der Waals surface area contributed by atoms with Gasteiger partial charge in [0.1, 0.15) is 12.6 Å². The second-order valence-electron chi connectivity index (χ2n) is 6.69. The number of quaternary nitrogens is 1. The fourth-order valence-electron chi connectivity index (χ4n) is 3.38. The summed E-state index contributed by atoms with van der Waals surface area (Å²) in [7, 11) is 0. The Bertz CT molecular complexity index is 549. The van der Waals surface area contributed by atoms with Gasteiger partial charge in [0.25, 0.3) is 0 Å². The van der Waals surface area contributed by atoms with E-state index in [1.165, 1.54) is 24.6 Å². The van der Waals surface area contributed by atoms with Gasteiger partial charge in [0, 0.05) is 18.0 Å². The lowest BCUT2D eigenvalue weighted by atomic mass is 10.2. The van der Waals surface area contributed by atoms with E-state index in [1.807, 2.05) is 24.8 Å². The molecule has 1 atom stereocenters. The Hall–Kier alpha value is -1.18. The second kappa shape index (κ2) is 8.27. The van der Waals surface area contributed by atoms with Gasteiger partial charge in [-0.3, -0.25) is 4.79 Å². The van der Waals surface area contributed by atoms with E-state index in [-0.39, 0.29) is 5.91 Å². The Kier molecular flexibility index (Phi) is 6.08. The Morgan fingerprint density at radius 3 is 2.67 bits per heavy atom. The van der Waals surface area contributed by atoms with Crippen molar-refractivity contribution >= 4 is 17.7 Å². The number of aromatic nitrogens is 2. The number of ether oxygens (including phenoxy) is 1. The smallest absolute Gasteiger partial charge is 0.233 e. The van der Waals surface area contributed by atoms with Gasteiger partial charge in [-0.25, -0.2) is 9.97 Å². The number of piperazine rings is 1. The lowest BCUT2D eigenvalue weighted by Crippen LogP contribution is -3.15. The molecule has 1 aromatic rings. The molecule has 6 nitrogen and oxygen atoms in total. The zero-order chi connectivity index (χ0) is 16.9. The summed E-state index contributed by atoms with van der Waals surface area (Å²) in [6, 6.07) is 1.95. The summed E-state index contributed by atoms with van der Waals surface area (Å²) in [5, 5.41) is 0.698. The van der Waals surface area contributed by atoms with Crippen LogP contribution in [-0.4, -0.2) is 72.0 Å². The molecule has 0 bridgehead atoms. The SMILES string of the molecule is Cc1cc(C)nc(SCC(=O)N2CC[NH+](C[C@H]3CCCO3)CC2)n1. The van der Waals surface area contributed by atoms with Gasteiger partial charge in [0.2, 0.25) is 5.91 Å².